The molecule has 0 atom stereocenters. The fourth-order valence-electron chi connectivity index (χ4n) is 13.6. The summed E-state index contributed by atoms with van der Waals surface area (Å²) in [6.07, 6.45) is 0. The molecule has 382 valence electrons. The SMILES string of the molecule is c1ccc(N(c2ccccc2)c2ccc3c4c5c(cc3c2)Sc2ccccc2B5c2cc3c(cc2S4)N(c2ccccc2)c2c4c(cc5cc(N(c6ccccc6)c6ccccc6)ccc25)N(c2ccccc2)c2ccccc2B34)cc1. The van der Waals surface area contributed by atoms with Crippen LogP contribution in [0.2, 0.25) is 0 Å². The minimum absolute atomic E-state index is 0.0381. The van der Waals surface area contributed by atoms with Crippen molar-refractivity contribution in [2.75, 3.05) is 19.6 Å². The predicted molar refractivity (Wildman–Crippen MR) is 351 cm³/mol. The Balaban J connectivity index is 0.920. The second-order valence-electron chi connectivity index (χ2n) is 21.6. The molecule has 4 heterocycles. The number of nitrogens with zero attached hydrogens (tertiary/aromatic N) is 4. The van der Waals surface area contributed by atoms with Crippen molar-refractivity contribution in [2.45, 2.75) is 19.6 Å². The summed E-state index contributed by atoms with van der Waals surface area (Å²) in [7, 11) is 0. The molecule has 0 radical (unpaired) electrons. The molecule has 17 rings (SSSR count). The van der Waals surface area contributed by atoms with Crippen molar-refractivity contribution in [2.24, 2.45) is 0 Å². The molecule has 4 aliphatic heterocycles. The number of fused-ring (bicyclic) bond motifs is 12. The average molecular weight is 1080 g/mol. The Morgan fingerprint density at radius 1 is 0.280 bits per heavy atom. The van der Waals surface area contributed by atoms with Crippen LogP contribution in [0.1, 0.15) is 0 Å². The molecule has 0 saturated carbocycles. The van der Waals surface area contributed by atoms with E-state index in [1.165, 1.54) is 96.7 Å². The van der Waals surface area contributed by atoms with Crippen LogP contribution < -0.4 is 52.4 Å². The van der Waals surface area contributed by atoms with Gasteiger partial charge in [-0.15, -0.1) is 0 Å². The average Bonchev–Trinajstić information content (AvgIpc) is 1.10. The van der Waals surface area contributed by atoms with E-state index >= 15 is 0 Å². The van der Waals surface area contributed by atoms with Gasteiger partial charge in [0.15, 0.2) is 0 Å². The van der Waals surface area contributed by atoms with Crippen LogP contribution in [0.15, 0.2) is 311 Å². The molecular formula is C74H48B2N4S2. The van der Waals surface area contributed by atoms with Crippen LogP contribution in [0.5, 0.6) is 0 Å². The number of benzene rings is 13. The van der Waals surface area contributed by atoms with Gasteiger partial charge in [-0.1, -0.05) is 198 Å². The second kappa shape index (κ2) is 19.0. The van der Waals surface area contributed by atoms with Crippen molar-refractivity contribution in [1.29, 1.82) is 0 Å². The third-order valence-electron chi connectivity index (χ3n) is 17.0. The first kappa shape index (κ1) is 47.2. The molecule has 0 amide bonds. The van der Waals surface area contributed by atoms with Gasteiger partial charge in [-0.05, 0) is 165 Å². The third kappa shape index (κ3) is 7.38. The predicted octanol–water partition coefficient (Wildman–Crippen LogP) is 16.5. The van der Waals surface area contributed by atoms with Crippen molar-refractivity contribution in [3.63, 3.8) is 0 Å². The number of para-hydroxylation sites is 7. The molecule has 0 fully saturated rings. The van der Waals surface area contributed by atoms with E-state index in [-0.39, 0.29) is 13.4 Å². The van der Waals surface area contributed by atoms with Gasteiger partial charge in [0.2, 0.25) is 6.71 Å². The zero-order valence-electron chi connectivity index (χ0n) is 44.5. The summed E-state index contributed by atoms with van der Waals surface area (Å²) in [5.41, 5.74) is 21.9. The first-order valence-corrected chi connectivity index (χ1v) is 29.8. The van der Waals surface area contributed by atoms with Crippen LogP contribution in [-0.4, -0.2) is 13.4 Å². The van der Waals surface area contributed by atoms with Gasteiger partial charge < -0.3 is 19.6 Å². The maximum Gasteiger partial charge on any atom is 0.252 e. The second-order valence-corrected chi connectivity index (χ2v) is 23.7. The normalized spacial score (nSPS) is 13.2. The number of hydrogen-bond donors (Lipinski definition) is 0. The standard InChI is InChI=1S/C74H48B2N4S2/c1-7-23-51(24-8-1)77(52-25-9-2-10-26-52)57-39-41-59-49(43-57)45-67-71-73(59)80(56-33-17-6-18-34-56)66-48-69-64(47-63(66)75(71)61-35-19-21-37-65(61)79(67)55-31-15-5-16-32-55)76-62-36-20-22-38-68(62)81-70-46-50-44-58(40-42-60(50)74(82-69)72(70)76)78(53-27-11-3-12-28-53)54-29-13-4-14-30-54/h1-48H. The van der Waals surface area contributed by atoms with Gasteiger partial charge in [0.05, 0.1) is 5.69 Å². The summed E-state index contributed by atoms with van der Waals surface area (Å²) >= 11 is 3.88. The topological polar surface area (TPSA) is 13.0 Å². The minimum Gasteiger partial charge on any atom is -0.311 e. The number of anilines is 12. The molecule has 0 unspecified atom stereocenters. The third-order valence-corrected chi connectivity index (χ3v) is 19.4. The van der Waals surface area contributed by atoms with E-state index in [9.17, 15) is 0 Å². The quantitative estimate of drug-likeness (QED) is 0.140. The molecule has 4 nitrogen and oxygen atoms in total. The van der Waals surface area contributed by atoms with Crippen LogP contribution in [0.3, 0.4) is 0 Å². The summed E-state index contributed by atoms with van der Waals surface area (Å²) in [5.74, 6) is 0. The lowest BCUT2D eigenvalue weighted by Crippen LogP contribution is -2.64. The van der Waals surface area contributed by atoms with Gasteiger partial charge in [0.1, 0.15) is 0 Å². The molecule has 0 saturated heterocycles. The molecule has 13 aromatic rings. The van der Waals surface area contributed by atoms with Gasteiger partial charge in [-0.3, -0.25) is 0 Å². The summed E-state index contributed by atoms with van der Waals surface area (Å²) in [6, 6.07) is 108. The van der Waals surface area contributed by atoms with E-state index in [0.717, 1.165) is 45.5 Å². The molecule has 0 bridgehead atoms. The molecule has 8 heteroatoms. The Hall–Kier alpha value is -9.59. The maximum absolute atomic E-state index is 2.64. The molecule has 82 heavy (non-hydrogen) atoms. The lowest BCUT2D eigenvalue weighted by Gasteiger charge is -2.45. The van der Waals surface area contributed by atoms with E-state index < -0.39 is 0 Å². The lowest BCUT2D eigenvalue weighted by molar-refractivity contribution is 1.25. The van der Waals surface area contributed by atoms with Crippen LogP contribution in [-0.2, 0) is 0 Å². The Morgan fingerprint density at radius 2 is 0.768 bits per heavy atom. The summed E-state index contributed by atoms with van der Waals surface area (Å²) in [4.78, 5) is 15.2. The Morgan fingerprint density at radius 3 is 1.37 bits per heavy atom. The van der Waals surface area contributed by atoms with Crippen molar-refractivity contribution in [3.05, 3.63) is 291 Å². The largest absolute Gasteiger partial charge is 0.311 e. The van der Waals surface area contributed by atoms with Gasteiger partial charge in [0.25, 0.3) is 6.71 Å². The highest BCUT2D eigenvalue weighted by molar-refractivity contribution is 8.01. The highest BCUT2D eigenvalue weighted by atomic mass is 32.2. The van der Waals surface area contributed by atoms with Crippen molar-refractivity contribution >= 4 is 160 Å². The molecule has 13 aromatic carbocycles. The van der Waals surface area contributed by atoms with Gasteiger partial charge in [-0.25, -0.2) is 0 Å². The van der Waals surface area contributed by atoms with Gasteiger partial charge >= 0.3 is 0 Å². The van der Waals surface area contributed by atoms with Crippen molar-refractivity contribution < 1.29 is 0 Å². The van der Waals surface area contributed by atoms with E-state index in [0.29, 0.717) is 0 Å². The lowest BCUT2D eigenvalue weighted by atomic mass is 9.31. The van der Waals surface area contributed by atoms with Crippen LogP contribution in [0.25, 0.3) is 21.5 Å². The Bertz CT molecular complexity index is 4590. The van der Waals surface area contributed by atoms with Crippen LogP contribution in [0.4, 0.5) is 68.2 Å². The summed E-state index contributed by atoms with van der Waals surface area (Å²) < 4.78 is 0. The molecule has 4 aliphatic rings. The molecule has 0 spiro atoms. The van der Waals surface area contributed by atoms with Crippen LogP contribution >= 0.6 is 23.5 Å². The van der Waals surface area contributed by atoms with E-state index in [1.54, 1.807) is 0 Å². The number of hydrogen-bond acceptors (Lipinski definition) is 6. The summed E-state index contributed by atoms with van der Waals surface area (Å²) in [5, 5.41) is 4.89. The first-order valence-electron chi connectivity index (χ1n) is 28.1. The molecule has 0 N–H and O–H groups in total. The van der Waals surface area contributed by atoms with E-state index in [4.69, 9.17) is 0 Å². The highest BCUT2D eigenvalue weighted by Gasteiger charge is 2.47. The fourth-order valence-corrected chi connectivity index (χ4v) is 16.2. The molecule has 0 aromatic heterocycles. The number of rotatable bonds is 8. The smallest absolute Gasteiger partial charge is 0.252 e. The molecular weight excluding hydrogens is 1030 g/mol. The van der Waals surface area contributed by atoms with Crippen molar-refractivity contribution in [3.8, 4) is 0 Å². The zero-order chi connectivity index (χ0) is 53.8. The highest BCUT2D eigenvalue weighted by Crippen LogP contribution is 2.51. The maximum atomic E-state index is 2.64. The monoisotopic (exact) mass is 1080 g/mol. The van der Waals surface area contributed by atoms with Crippen LogP contribution in [0, 0.1) is 0 Å². The van der Waals surface area contributed by atoms with E-state index in [1.807, 2.05) is 23.5 Å². The van der Waals surface area contributed by atoms with Crippen molar-refractivity contribution in [1.82, 2.24) is 0 Å². The minimum atomic E-state index is -0.0677. The van der Waals surface area contributed by atoms with E-state index in [2.05, 4.69) is 311 Å². The van der Waals surface area contributed by atoms with Gasteiger partial charge in [0, 0.05) is 87.5 Å². The van der Waals surface area contributed by atoms with Gasteiger partial charge in [-0.2, -0.15) is 0 Å². The fraction of sp³-hybridized carbons (Fsp3) is 0. The summed E-state index contributed by atoms with van der Waals surface area (Å²) in [6.45, 7) is -0.0296. The Labute approximate surface area is 486 Å². The Kier molecular flexibility index (Phi) is 11.0. The zero-order valence-corrected chi connectivity index (χ0v) is 46.1. The first-order chi connectivity index (χ1) is 40.7. The molecule has 0 aliphatic carbocycles.